The molecule has 1 saturated heterocycles. The molecule has 2 saturated carbocycles. The van der Waals surface area contributed by atoms with E-state index < -0.39 is 11.4 Å². The summed E-state index contributed by atoms with van der Waals surface area (Å²) in [5.41, 5.74) is -1.19. The minimum absolute atomic E-state index is 0.0611. The number of nitrogens with one attached hydrogen (secondary N) is 1. The van der Waals surface area contributed by atoms with Crippen LogP contribution in [0.1, 0.15) is 57.8 Å². The fourth-order valence-electron chi connectivity index (χ4n) is 3.68. The van der Waals surface area contributed by atoms with E-state index in [-0.39, 0.29) is 17.6 Å². The average molecular weight is 281 g/mol. The third kappa shape index (κ3) is 2.43. The highest BCUT2D eigenvalue weighted by Gasteiger charge is 2.57. The van der Waals surface area contributed by atoms with Crippen molar-refractivity contribution in [1.29, 1.82) is 0 Å². The maximum absolute atomic E-state index is 12.2. The van der Waals surface area contributed by atoms with Crippen LogP contribution in [0.2, 0.25) is 0 Å². The average Bonchev–Trinajstić information content (AvgIpc) is 3.21. The van der Waals surface area contributed by atoms with Crippen LogP contribution in [0.5, 0.6) is 0 Å². The van der Waals surface area contributed by atoms with Crippen LogP contribution in [-0.2, 0) is 14.3 Å². The molecule has 3 aliphatic rings. The van der Waals surface area contributed by atoms with Crippen LogP contribution < -0.4 is 5.32 Å². The van der Waals surface area contributed by atoms with Crippen molar-refractivity contribution in [2.45, 2.75) is 69.4 Å². The molecule has 1 atom stereocenters. The number of rotatable bonds is 3. The SMILES string of the molecule is O=C(O)C1(C(=O)NC2CCOC3(CCCCC3)C2)CC1. The number of hydrogen-bond donors (Lipinski definition) is 2. The fraction of sp³-hybridized carbons (Fsp3) is 0.867. The Bertz CT molecular complexity index is 405. The first-order valence-corrected chi connectivity index (χ1v) is 7.75. The van der Waals surface area contributed by atoms with Gasteiger partial charge in [-0.3, -0.25) is 9.59 Å². The number of amides is 1. The van der Waals surface area contributed by atoms with E-state index in [9.17, 15) is 9.59 Å². The van der Waals surface area contributed by atoms with Crippen molar-refractivity contribution >= 4 is 11.9 Å². The zero-order valence-electron chi connectivity index (χ0n) is 11.8. The fourth-order valence-corrected chi connectivity index (χ4v) is 3.68. The Morgan fingerprint density at radius 2 is 1.80 bits per heavy atom. The Hall–Kier alpha value is -1.10. The van der Waals surface area contributed by atoms with E-state index in [1.165, 1.54) is 19.3 Å². The first-order chi connectivity index (χ1) is 9.56. The normalized spacial score (nSPS) is 30.7. The van der Waals surface area contributed by atoms with E-state index >= 15 is 0 Å². The molecule has 5 heteroatoms. The Labute approximate surface area is 119 Å². The van der Waals surface area contributed by atoms with Gasteiger partial charge in [0.2, 0.25) is 5.91 Å². The van der Waals surface area contributed by atoms with Gasteiger partial charge >= 0.3 is 5.97 Å². The Morgan fingerprint density at radius 1 is 1.10 bits per heavy atom. The lowest BCUT2D eigenvalue weighted by Crippen LogP contribution is -2.51. The van der Waals surface area contributed by atoms with Crippen molar-refractivity contribution in [2.75, 3.05) is 6.61 Å². The van der Waals surface area contributed by atoms with Crippen LogP contribution in [0.25, 0.3) is 0 Å². The van der Waals surface area contributed by atoms with E-state index in [4.69, 9.17) is 9.84 Å². The van der Waals surface area contributed by atoms with E-state index in [1.54, 1.807) is 0 Å². The maximum Gasteiger partial charge on any atom is 0.319 e. The molecule has 2 aliphatic carbocycles. The highest BCUT2D eigenvalue weighted by atomic mass is 16.5. The van der Waals surface area contributed by atoms with Gasteiger partial charge in [0.25, 0.3) is 0 Å². The lowest BCUT2D eigenvalue weighted by atomic mass is 9.78. The number of carboxylic acid groups (broad SMARTS) is 1. The standard InChI is InChI=1S/C15H23NO4/c17-12(15(7-8-15)13(18)19)16-11-4-9-20-14(10-11)5-2-1-3-6-14/h11H,1-10H2,(H,16,17)(H,18,19). The minimum Gasteiger partial charge on any atom is -0.480 e. The number of carbonyl (C=O) groups excluding carboxylic acids is 1. The van der Waals surface area contributed by atoms with Gasteiger partial charge in [0.15, 0.2) is 0 Å². The molecule has 2 N–H and O–H groups in total. The lowest BCUT2D eigenvalue weighted by Gasteiger charge is -2.43. The van der Waals surface area contributed by atoms with Gasteiger partial charge in [-0.2, -0.15) is 0 Å². The van der Waals surface area contributed by atoms with Gasteiger partial charge in [0.05, 0.1) is 5.60 Å². The van der Waals surface area contributed by atoms with Gasteiger partial charge in [-0.15, -0.1) is 0 Å². The lowest BCUT2D eigenvalue weighted by molar-refractivity contribution is -0.150. The topological polar surface area (TPSA) is 75.6 Å². The number of hydrogen-bond acceptors (Lipinski definition) is 3. The number of aliphatic carboxylic acids is 1. The molecule has 0 aromatic heterocycles. The van der Waals surface area contributed by atoms with Gasteiger partial charge in [-0.05, 0) is 38.5 Å². The largest absolute Gasteiger partial charge is 0.480 e. The third-order valence-electron chi connectivity index (χ3n) is 5.19. The van der Waals surface area contributed by atoms with Crippen LogP contribution in [-0.4, -0.2) is 35.2 Å². The molecule has 0 radical (unpaired) electrons. The zero-order valence-corrected chi connectivity index (χ0v) is 11.8. The molecule has 3 fully saturated rings. The first kappa shape index (κ1) is 13.9. The Kier molecular flexibility index (Phi) is 3.48. The highest BCUT2D eigenvalue weighted by molar-refractivity contribution is 6.04. The maximum atomic E-state index is 12.2. The van der Waals surface area contributed by atoms with Crippen molar-refractivity contribution in [3.8, 4) is 0 Å². The Balaban J connectivity index is 1.60. The second-order valence-corrected chi connectivity index (χ2v) is 6.64. The van der Waals surface area contributed by atoms with Crippen LogP contribution >= 0.6 is 0 Å². The molecule has 0 aromatic carbocycles. The molecule has 1 aliphatic heterocycles. The summed E-state index contributed by atoms with van der Waals surface area (Å²) < 4.78 is 6.00. The summed E-state index contributed by atoms with van der Waals surface area (Å²) in [6.45, 7) is 0.672. The van der Waals surface area contributed by atoms with Crippen molar-refractivity contribution in [3.63, 3.8) is 0 Å². The smallest absolute Gasteiger partial charge is 0.319 e. The molecule has 5 nitrogen and oxygen atoms in total. The monoisotopic (exact) mass is 281 g/mol. The molecule has 1 amide bonds. The predicted molar refractivity (Wildman–Crippen MR) is 72.2 cm³/mol. The molecule has 1 spiro atoms. The summed E-state index contributed by atoms with van der Waals surface area (Å²) in [4.78, 5) is 23.4. The summed E-state index contributed by atoms with van der Waals surface area (Å²) in [6, 6.07) is 0.0752. The van der Waals surface area contributed by atoms with Crippen LogP contribution in [0.4, 0.5) is 0 Å². The summed E-state index contributed by atoms with van der Waals surface area (Å²) in [7, 11) is 0. The molecule has 0 bridgehead atoms. The highest BCUT2D eigenvalue weighted by Crippen LogP contribution is 2.46. The number of carboxylic acids is 1. The van der Waals surface area contributed by atoms with Crippen molar-refractivity contribution in [2.24, 2.45) is 5.41 Å². The van der Waals surface area contributed by atoms with Gasteiger partial charge in [-0.1, -0.05) is 19.3 Å². The molecule has 0 aromatic rings. The van der Waals surface area contributed by atoms with Gasteiger partial charge in [-0.25, -0.2) is 0 Å². The van der Waals surface area contributed by atoms with Crippen molar-refractivity contribution in [3.05, 3.63) is 0 Å². The minimum atomic E-state index is -1.13. The number of ether oxygens (including phenoxy) is 1. The Morgan fingerprint density at radius 3 is 2.40 bits per heavy atom. The second-order valence-electron chi connectivity index (χ2n) is 6.64. The van der Waals surface area contributed by atoms with Crippen molar-refractivity contribution < 1.29 is 19.4 Å². The third-order valence-corrected chi connectivity index (χ3v) is 5.19. The number of carbonyl (C=O) groups is 2. The molecule has 112 valence electrons. The van der Waals surface area contributed by atoms with Gasteiger partial charge in [0.1, 0.15) is 5.41 Å². The molecule has 3 rings (SSSR count). The van der Waals surface area contributed by atoms with E-state index in [2.05, 4.69) is 5.32 Å². The molecule has 20 heavy (non-hydrogen) atoms. The predicted octanol–water partition coefficient (Wildman–Crippen LogP) is 1.85. The van der Waals surface area contributed by atoms with Crippen LogP contribution in [0.3, 0.4) is 0 Å². The van der Waals surface area contributed by atoms with E-state index in [1.807, 2.05) is 0 Å². The first-order valence-electron chi connectivity index (χ1n) is 7.75. The summed E-state index contributed by atoms with van der Waals surface area (Å²) in [5.74, 6) is -1.27. The van der Waals surface area contributed by atoms with E-state index in [0.29, 0.717) is 19.4 Å². The van der Waals surface area contributed by atoms with Crippen molar-refractivity contribution in [1.82, 2.24) is 5.32 Å². The van der Waals surface area contributed by atoms with Crippen LogP contribution in [0, 0.1) is 5.41 Å². The summed E-state index contributed by atoms with van der Waals surface area (Å²) >= 11 is 0. The molecular weight excluding hydrogens is 258 g/mol. The van der Waals surface area contributed by atoms with Gasteiger partial charge in [0, 0.05) is 12.6 Å². The summed E-state index contributed by atoms with van der Waals surface area (Å²) in [5, 5.41) is 12.1. The quantitative estimate of drug-likeness (QED) is 0.774. The van der Waals surface area contributed by atoms with Crippen LogP contribution in [0.15, 0.2) is 0 Å². The van der Waals surface area contributed by atoms with Gasteiger partial charge < -0.3 is 15.2 Å². The second kappa shape index (κ2) is 5.02. The van der Waals surface area contributed by atoms with E-state index in [0.717, 1.165) is 25.7 Å². The summed E-state index contributed by atoms with van der Waals surface area (Å²) in [6.07, 6.45) is 8.39. The zero-order chi connectivity index (χ0) is 14.2. The molecule has 1 heterocycles. The molecule has 1 unspecified atom stereocenters. The molecular formula is C15H23NO4.